The molecule has 0 aromatic heterocycles. The Labute approximate surface area is 98.3 Å². The fourth-order valence-electron chi connectivity index (χ4n) is 1.90. The van der Waals surface area contributed by atoms with Crippen LogP contribution in [0, 0.1) is 0 Å². The molecule has 88 valence electrons. The number of nitrogens with zero attached hydrogens (tertiary/aromatic N) is 1. The van der Waals surface area contributed by atoms with E-state index in [0.29, 0.717) is 5.92 Å². The molecular formula is C14H21NO. The van der Waals surface area contributed by atoms with Crippen molar-refractivity contribution in [3.63, 3.8) is 0 Å². The molecule has 0 aliphatic rings. The summed E-state index contributed by atoms with van der Waals surface area (Å²) in [5.74, 6) is 0.684. The van der Waals surface area contributed by atoms with E-state index < -0.39 is 0 Å². The number of carbonyl (C=O) groups excluding carboxylic acids is 1. The number of Topliss-reactive ketones (excluding diaryl/α,β-unsaturated/α-hetero) is 1. The molecule has 0 spiro atoms. The summed E-state index contributed by atoms with van der Waals surface area (Å²) < 4.78 is 0. The number of likely N-dealkylation sites (N-methyl/N-ethyl adjacent to an activating group) is 1. The number of hydrogen-bond donors (Lipinski definition) is 0. The molecule has 0 bridgehead atoms. The third-order valence-corrected chi connectivity index (χ3v) is 2.87. The second kappa shape index (κ2) is 5.80. The topological polar surface area (TPSA) is 20.3 Å². The van der Waals surface area contributed by atoms with Gasteiger partial charge >= 0.3 is 0 Å². The quantitative estimate of drug-likeness (QED) is 0.710. The fraction of sp³-hybridized carbons (Fsp3) is 0.500. The molecule has 0 saturated carbocycles. The van der Waals surface area contributed by atoms with E-state index in [2.05, 4.69) is 38.1 Å². The second-order valence-corrected chi connectivity index (χ2v) is 4.55. The minimum absolute atomic E-state index is 0.132. The van der Waals surface area contributed by atoms with Crippen LogP contribution in [-0.2, 0) is 0 Å². The van der Waals surface area contributed by atoms with Gasteiger partial charge in [0.2, 0.25) is 0 Å². The highest BCUT2D eigenvalue weighted by Crippen LogP contribution is 2.20. The van der Waals surface area contributed by atoms with E-state index in [9.17, 15) is 4.79 Å². The molecule has 0 radical (unpaired) electrons. The van der Waals surface area contributed by atoms with Crippen LogP contribution in [-0.4, -0.2) is 31.3 Å². The van der Waals surface area contributed by atoms with Gasteiger partial charge in [-0.1, -0.05) is 31.2 Å². The molecule has 1 unspecified atom stereocenters. The van der Waals surface area contributed by atoms with Crippen molar-refractivity contribution in [3.05, 3.63) is 35.4 Å². The molecule has 0 saturated heterocycles. The number of ketones is 1. The van der Waals surface area contributed by atoms with E-state index in [-0.39, 0.29) is 5.78 Å². The maximum Gasteiger partial charge on any atom is 0.159 e. The Bertz CT molecular complexity index is 340. The summed E-state index contributed by atoms with van der Waals surface area (Å²) in [6.45, 7) is 4.86. The van der Waals surface area contributed by atoms with Crippen LogP contribution in [0.15, 0.2) is 24.3 Å². The minimum atomic E-state index is 0.132. The molecule has 0 aliphatic heterocycles. The van der Waals surface area contributed by atoms with Gasteiger partial charge in [0.25, 0.3) is 0 Å². The van der Waals surface area contributed by atoms with Crippen LogP contribution < -0.4 is 0 Å². The molecule has 0 fully saturated rings. The molecule has 0 aliphatic carbocycles. The van der Waals surface area contributed by atoms with Gasteiger partial charge in [0.15, 0.2) is 5.78 Å². The first kappa shape index (κ1) is 12.9. The zero-order valence-electron chi connectivity index (χ0n) is 10.7. The summed E-state index contributed by atoms with van der Waals surface area (Å²) in [5.41, 5.74) is 2.12. The van der Waals surface area contributed by atoms with Crippen molar-refractivity contribution in [1.29, 1.82) is 0 Å². The van der Waals surface area contributed by atoms with Crippen molar-refractivity contribution in [3.8, 4) is 0 Å². The van der Waals surface area contributed by atoms with Crippen molar-refractivity contribution in [1.82, 2.24) is 4.90 Å². The van der Waals surface area contributed by atoms with Crippen molar-refractivity contribution in [2.75, 3.05) is 20.6 Å². The lowest BCUT2D eigenvalue weighted by Crippen LogP contribution is -2.19. The van der Waals surface area contributed by atoms with E-state index in [1.807, 2.05) is 12.1 Å². The van der Waals surface area contributed by atoms with Crippen molar-refractivity contribution < 1.29 is 4.79 Å². The van der Waals surface area contributed by atoms with Gasteiger partial charge in [0, 0.05) is 12.1 Å². The van der Waals surface area contributed by atoms with Gasteiger partial charge in [-0.05, 0) is 38.9 Å². The molecule has 0 amide bonds. The van der Waals surface area contributed by atoms with Crippen molar-refractivity contribution in [2.24, 2.45) is 0 Å². The zero-order valence-corrected chi connectivity index (χ0v) is 10.7. The average Bonchev–Trinajstić information content (AvgIpc) is 2.25. The lowest BCUT2D eigenvalue weighted by atomic mass is 9.95. The number of hydrogen-bond acceptors (Lipinski definition) is 2. The minimum Gasteiger partial charge on any atom is -0.309 e. The van der Waals surface area contributed by atoms with Crippen LogP contribution in [0.4, 0.5) is 0 Å². The van der Waals surface area contributed by atoms with E-state index in [1.165, 1.54) is 5.56 Å². The summed E-state index contributed by atoms with van der Waals surface area (Å²) in [5, 5.41) is 0. The summed E-state index contributed by atoms with van der Waals surface area (Å²) in [7, 11) is 4.18. The molecule has 1 atom stereocenters. The first-order chi connectivity index (χ1) is 7.54. The Kier molecular flexibility index (Phi) is 4.69. The average molecular weight is 219 g/mol. The number of benzene rings is 1. The lowest BCUT2D eigenvalue weighted by molar-refractivity contribution is 0.101. The summed E-state index contributed by atoms with van der Waals surface area (Å²) in [4.78, 5) is 13.4. The van der Waals surface area contributed by atoms with Crippen molar-refractivity contribution >= 4 is 5.78 Å². The highest BCUT2D eigenvalue weighted by molar-refractivity contribution is 5.94. The molecule has 0 heterocycles. The molecule has 16 heavy (non-hydrogen) atoms. The van der Waals surface area contributed by atoms with E-state index in [1.54, 1.807) is 6.92 Å². The molecular weight excluding hydrogens is 198 g/mol. The summed E-state index contributed by atoms with van der Waals surface area (Å²) in [6.07, 6.45) is 1.12. The monoisotopic (exact) mass is 219 g/mol. The van der Waals surface area contributed by atoms with Gasteiger partial charge in [-0.15, -0.1) is 0 Å². The molecule has 1 rings (SSSR count). The Morgan fingerprint density at radius 3 is 2.19 bits per heavy atom. The maximum absolute atomic E-state index is 11.2. The van der Waals surface area contributed by atoms with E-state index in [4.69, 9.17) is 0 Å². The summed E-state index contributed by atoms with van der Waals surface area (Å²) >= 11 is 0. The Morgan fingerprint density at radius 1 is 1.25 bits per heavy atom. The van der Waals surface area contributed by atoms with Crippen LogP contribution >= 0.6 is 0 Å². The Hall–Kier alpha value is -1.15. The van der Waals surface area contributed by atoms with Gasteiger partial charge in [-0.25, -0.2) is 0 Å². The predicted molar refractivity (Wildman–Crippen MR) is 68.0 cm³/mol. The van der Waals surface area contributed by atoms with E-state index >= 15 is 0 Å². The maximum atomic E-state index is 11.2. The second-order valence-electron chi connectivity index (χ2n) is 4.55. The third-order valence-electron chi connectivity index (χ3n) is 2.87. The fourth-order valence-corrected chi connectivity index (χ4v) is 1.90. The van der Waals surface area contributed by atoms with Crippen LogP contribution in [0.2, 0.25) is 0 Å². The first-order valence-electron chi connectivity index (χ1n) is 5.80. The third kappa shape index (κ3) is 3.46. The number of carbonyl (C=O) groups is 1. The van der Waals surface area contributed by atoms with E-state index in [0.717, 1.165) is 18.5 Å². The highest BCUT2D eigenvalue weighted by atomic mass is 16.1. The molecule has 1 aromatic carbocycles. The zero-order chi connectivity index (χ0) is 12.1. The van der Waals surface area contributed by atoms with Crippen LogP contribution in [0.25, 0.3) is 0 Å². The predicted octanol–water partition coefficient (Wildman–Crippen LogP) is 2.94. The largest absolute Gasteiger partial charge is 0.309 e. The smallest absolute Gasteiger partial charge is 0.159 e. The molecule has 0 N–H and O–H groups in total. The first-order valence-corrected chi connectivity index (χ1v) is 5.80. The molecule has 2 nitrogen and oxygen atoms in total. The van der Waals surface area contributed by atoms with Crippen LogP contribution in [0.1, 0.15) is 42.1 Å². The number of rotatable bonds is 5. The van der Waals surface area contributed by atoms with Gasteiger partial charge < -0.3 is 4.90 Å². The van der Waals surface area contributed by atoms with Gasteiger partial charge in [0.05, 0.1) is 0 Å². The Morgan fingerprint density at radius 2 is 1.81 bits per heavy atom. The summed E-state index contributed by atoms with van der Waals surface area (Å²) in [6, 6.07) is 8.01. The molecule has 2 heteroatoms. The normalized spacial score (nSPS) is 12.8. The standard InChI is InChI=1S/C14H21NO/c1-5-12(10-15(3)4)14-8-6-13(7-9-14)11(2)16/h6-9,12H,5,10H2,1-4H3. The SMILES string of the molecule is CCC(CN(C)C)c1ccc(C(C)=O)cc1. The Balaban J connectivity index is 2.82. The van der Waals surface area contributed by atoms with Crippen molar-refractivity contribution in [2.45, 2.75) is 26.2 Å². The molecule has 1 aromatic rings. The highest BCUT2D eigenvalue weighted by Gasteiger charge is 2.10. The lowest BCUT2D eigenvalue weighted by Gasteiger charge is -2.20. The van der Waals surface area contributed by atoms with Crippen LogP contribution in [0.5, 0.6) is 0 Å². The van der Waals surface area contributed by atoms with Crippen LogP contribution in [0.3, 0.4) is 0 Å². The van der Waals surface area contributed by atoms with Gasteiger partial charge in [0.1, 0.15) is 0 Å². The van der Waals surface area contributed by atoms with Gasteiger partial charge in [-0.2, -0.15) is 0 Å². The van der Waals surface area contributed by atoms with Gasteiger partial charge in [-0.3, -0.25) is 4.79 Å².